The van der Waals surface area contributed by atoms with Crippen LogP contribution in [0.15, 0.2) is 11.4 Å². The van der Waals surface area contributed by atoms with E-state index in [0.29, 0.717) is 11.1 Å². The summed E-state index contributed by atoms with van der Waals surface area (Å²) in [6, 6.07) is 0. The van der Waals surface area contributed by atoms with Crippen molar-refractivity contribution in [3.63, 3.8) is 0 Å². The number of hydrogen-bond acceptors (Lipinski definition) is 5. The lowest BCUT2D eigenvalue weighted by Gasteiger charge is -2.25. The molecular weight excluding hydrogens is 210 g/mol. The van der Waals surface area contributed by atoms with Gasteiger partial charge in [0.1, 0.15) is 17.2 Å². The number of nitrogens with two attached hydrogens (primary N) is 1. The Morgan fingerprint density at radius 2 is 2.33 bits per heavy atom. The maximum absolute atomic E-state index is 5.85. The van der Waals surface area contributed by atoms with Gasteiger partial charge in [0.05, 0.1) is 18.5 Å². The topological polar surface area (TPSA) is 61.0 Å². The quantitative estimate of drug-likeness (QED) is 0.787. The van der Waals surface area contributed by atoms with Gasteiger partial charge in [0, 0.05) is 5.56 Å². The fourth-order valence-electron chi connectivity index (χ4n) is 1.44. The van der Waals surface area contributed by atoms with Crippen molar-refractivity contribution in [2.45, 2.75) is 30.0 Å². The third-order valence-corrected chi connectivity index (χ3v) is 3.51. The lowest BCUT2D eigenvalue weighted by Crippen LogP contribution is -2.30. The Morgan fingerprint density at radius 1 is 1.53 bits per heavy atom. The van der Waals surface area contributed by atoms with E-state index in [-0.39, 0.29) is 0 Å². The minimum absolute atomic E-state index is 0.537. The Hall–Kier alpha value is -0.810. The summed E-state index contributed by atoms with van der Waals surface area (Å²) in [6.45, 7) is 3.77. The second kappa shape index (κ2) is 4.81. The Labute approximate surface area is 93.6 Å². The highest BCUT2D eigenvalue weighted by Crippen LogP contribution is 2.31. The average molecular weight is 225 g/mol. The van der Waals surface area contributed by atoms with Crippen molar-refractivity contribution in [2.75, 3.05) is 18.9 Å². The second-order valence-electron chi connectivity index (χ2n) is 3.57. The third-order valence-electron chi connectivity index (χ3n) is 2.32. The maximum atomic E-state index is 5.85. The number of thioether (sulfide) groups is 1. The molecule has 0 atom stereocenters. The van der Waals surface area contributed by atoms with Gasteiger partial charge in [0.15, 0.2) is 0 Å². The molecule has 1 aliphatic rings. The number of hydrogen-bond donors (Lipinski definition) is 1. The van der Waals surface area contributed by atoms with Crippen molar-refractivity contribution in [3.8, 4) is 0 Å². The fraction of sp³-hybridized carbons (Fsp3) is 0.600. The van der Waals surface area contributed by atoms with Crippen LogP contribution < -0.4 is 5.73 Å². The zero-order valence-electron chi connectivity index (χ0n) is 8.77. The second-order valence-corrected chi connectivity index (χ2v) is 4.86. The van der Waals surface area contributed by atoms with Crippen molar-refractivity contribution < 1.29 is 4.74 Å². The molecule has 2 rings (SSSR count). The summed E-state index contributed by atoms with van der Waals surface area (Å²) in [4.78, 5) is 8.33. The Balaban J connectivity index is 2.15. The number of nitrogen functional groups attached to an aromatic ring is 1. The van der Waals surface area contributed by atoms with Gasteiger partial charge in [-0.15, -0.1) is 0 Å². The molecule has 1 saturated heterocycles. The maximum Gasteiger partial charge on any atom is 0.131 e. The minimum atomic E-state index is 0.537. The van der Waals surface area contributed by atoms with Crippen LogP contribution in [0.3, 0.4) is 0 Å². The smallest absolute Gasteiger partial charge is 0.131 e. The van der Waals surface area contributed by atoms with Crippen molar-refractivity contribution in [1.29, 1.82) is 0 Å². The monoisotopic (exact) mass is 225 g/mol. The molecule has 4 nitrogen and oxygen atoms in total. The lowest BCUT2D eigenvalue weighted by molar-refractivity contribution is 0.0454. The highest BCUT2D eigenvalue weighted by atomic mass is 32.2. The summed E-state index contributed by atoms with van der Waals surface area (Å²) < 4.78 is 5.14. The molecule has 0 unspecified atom stereocenters. The number of anilines is 1. The minimum Gasteiger partial charge on any atom is -0.383 e. The van der Waals surface area contributed by atoms with E-state index in [4.69, 9.17) is 10.5 Å². The first-order chi connectivity index (χ1) is 7.31. The van der Waals surface area contributed by atoms with Crippen LogP contribution in [-0.2, 0) is 11.2 Å². The molecule has 82 valence electrons. The van der Waals surface area contributed by atoms with E-state index in [0.717, 1.165) is 36.6 Å². The van der Waals surface area contributed by atoms with Gasteiger partial charge in [0.25, 0.3) is 0 Å². The van der Waals surface area contributed by atoms with Gasteiger partial charge in [-0.25, -0.2) is 9.97 Å². The van der Waals surface area contributed by atoms with Gasteiger partial charge in [0.2, 0.25) is 0 Å². The van der Waals surface area contributed by atoms with Crippen molar-refractivity contribution in [1.82, 2.24) is 9.97 Å². The molecule has 15 heavy (non-hydrogen) atoms. The molecule has 0 aliphatic carbocycles. The standard InChI is InChI=1S/C10H15N3OS/c1-2-3-8-9(11)12-6-13-10(8)15-7-4-14-5-7/h6-7H,2-5H2,1H3,(H2,11,12,13). The molecule has 0 spiro atoms. The summed E-state index contributed by atoms with van der Waals surface area (Å²) in [7, 11) is 0. The van der Waals surface area contributed by atoms with Crippen molar-refractivity contribution in [2.24, 2.45) is 0 Å². The summed E-state index contributed by atoms with van der Waals surface area (Å²) in [6.07, 6.45) is 3.55. The first kappa shape index (κ1) is 10.7. The van der Waals surface area contributed by atoms with Crippen LogP contribution in [0.25, 0.3) is 0 Å². The molecule has 1 fully saturated rings. The summed E-state index contributed by atoms with van der Waals surface area (Å²) >= 11 is 1.76. The van der Waals surface area contributed by atoms with Gasteiger partial charge in [-0.2, -0.15) is 0 Å². The van der Waals surface area contributed by atoms with Gasteiger partial charge in [-0.05, 0) is 6.42 Å². The molecule has 0 radical (unpaired) electrons. The number of aromatic nitrogens is 2. The van der Waals surface area contributed by atoms with Crippen LogP contribution in [0.5, 0.6) is 0 Å². The number of nitrogens with zero attached hydrogens (tertiary/aromatic N) is 2. The van der Waals surface area contributed by atoms with Crippen LogP contribution in [0.4, 0.5) is 5.82 Å². The molecular formula is C10H15N3OS. The summed E-state index contributed by atoms with van der Waals surface area (Å²) in [5, 5.41) is 1.56. The molecule has 5 heteroatoms. The Kier molecular flexibility index (Phi) is 3.43. The normalized spacial score (nSPS) is 16.3. The molecule has 0 aromatic carbocycles. The van der Waals surface area contributed by atoms with Crippen LogP contribution in [0, 0.1) is 0 Å². The van der Waals surface area contributed by atoms with E-state index in [2.05, 4.69) is 16.9 Å². The largest absolute Gasteiger partial charge is 0.383 e. The van der Waals surface area contributed by atoms with Gasteiger partial charge >= 0.3 is 0 Å². The Morgan fingerprint density at radius 3 is 2.93 bits per heavy atom. The molecule has 1 aromatic rings. The van der Waals surface area contributed by atoms with E-state index in [1.165, 1.54) is 6.33 Å². The predicted octanol–water partition coefficient (Wildman–Crippen LogP) is 1.50. The predicted molar refractivity (Wildman–Crippen MR) is 60.9 cm³/mol. The average Bonchev–Trinajstić information content (AvgIpc) is 2.16. The van der Waals surface area contributed by atoms with E-state index in [1.54, 1.807) is 11.8 Å². The SMILES string of the molecule is CCCc1c(N)ncnc1SC1COC1. The first-order valence-corrected chi connectivity index (χ1v) is 6.03. The van der Waals surface area contributed by atoms with Crippen LogP contribution in [0.2, 0.25) is 0 Å². The van der Waals surface area contributed by atoms with Gasteiger partial charge in [-0.1, -0.05) is 25.1 Å². The van der Waals surface area contributed by atoms with E-state index in [1.807, 2.05) is 0 Å². The zero-order valence-corrected chi connectivity index (χ0v) is 9.59. The molecule has 1 aliphatic heterocycles. The lowest BCUT2D eigenvalue weighted by atomic mass is 10.2. The van der Waals surface area contributed by atoms with Crippen molar-refractivity contribution in [3.05, 3.63) is 11.9 Å². The fourth-order valence-corrected chi connectivity index (χ4v) is 2.54. The van der Waals surface area contributed by atoms with Gasteiger partial charge < -0.3 is 10.5 Å². The highest BCUT2D eigenvalue weighted by molar-refractivity contribution is 8.00. The van der Waals surface area contributed by atoms with E-state index in [9.17, 15) is 0 Å². The van der Waals surface area contributed by atoms with Crippen LogP contribution in [0.1, 0.15) is 18.9 Å². The number of ether oxygens (including phenoxy) is 1. The molecule has 1 aromatic heterocycles. The van der Waals surface area contributed by atoms with Crippen LogP contribution >= 0.6 is 11.8 Å². The zero-order chi connectivity index (χ0) is 10.7. The number of rotatable bonds is 4. The van der Waals surface area contributed by atoms with E-state index >= 15 is 0 Å². The third kappa shape index (κ3) is 2.41. The molecule has 0 saturated carbocycles. The van der Waals surface area contributed by atoms with Crippen molar-refractivity contribution >= 4 is 17.6 Å². The molecule has 2 heterocycles. The highest BCUT2D eigenvalue weighted by Gasteiger charge is 2.22. The first-order valence-electron chi connectivity index (χ1n) is 5.15. The van der Waals surface area contributed by atoms with Crippen LogP contribution in [-0.4, -0.2) is 28.4 Å². The molecule has 2 N–H and O–H groups in total. The van der Waals surface area contributed by atoms with E-state index < -0.39 is 0 Å². The molecule has 0 amide bonds. The summed E-state index contributed by atoms with van der Waals surface area (Å²) in [5.74, 6) is 0.620. The summed E-state index contributed by atoms with van der Waals surface area (Å²) in [5.41, 5.74) is 6.94. The molecule has 0 bridgehead atoms. The Bertz CT molecular complexity index is 341. The van der Waals surface area contributed by atoms with Gasteiger partial charge in [-0.3, -0.25) is 0 Å².